The van der Waals surface area contributed by atoms with Crippen molar-refractivity contribution in [2.45, 2.75) is 30.8 Å². The fourth-order valence-electron chi connectivity index (χ4n) is 3.10. The van der Waals surface area contributed by atoms with E-state index in [0.717, 1.165) is 17.7 Å². The van der Waals surface area contributed by atoms with Crippen LogP contribution < -0.4 is 4.90 Å². The largest absolute Gasteiger partial charge is 0.373 e. The summed E-state index contributed by atoms with van der Waals surface area (Å²) in [4.78, 5) is 2.39. The Morgan fingerprint density at radius 1 is 1.26 bits per heavy atom. The van der Waals surface area contributed by atoms with Crippen LogP contribution in [0.25, 0.3) is 0 Å². The van der Waals surface area contributed by atoms with E-state index in [1.165, 1.54) is 10.9 Å². The Hall–Kier alpha value is -1.86. The molecule has 2 aromatic rings. The Labute approximate surface area is 137 Å². The third kappa shape index (κ3) is 2.86. The third-order valence-electron chi connectivity index (χ3n) is 4.38. The smallest absolute Gasteiger partial charge is 0.246 e. The van der Waals surface area contributed by atoms with Crippen LogP contribution in [0.1, 0.15) is 18.9 Å². The molecule has 7 heteroatoms. The second-order valence-electron chi connectivity index (χ2n) is 5.97. The van der Waals surface area contributed by atoms with Crippen LogP contribution in [0.5, 0.6) is 0 Å². The van der Waals surface area contributed by atoms with E-state index in [4.69, 9.17) is 0 Å². The highest BCUT2D eigenvalue weighted by molar-refractivity contribution is 7.89. The van der Waals surface area contributed by atoms with Gasteiger partial charge in [0.25, 0.3) is 0 Å². The Morgan fingerprint density at radius 2 is 2.00 bits per heavy atom. The second-order valence-corrected chi connectivity index (χ2v) is 7.86. The monoisotopic (exact) mass is 334 g/mol. The molecule has 0 fully saturated rings. The van der Waals surface area contributed by atoms with Crippen LogP contribution in [-0.4, -0.2) is 42.1 Å². The average molecular weight is 334 g/mol. The number of anilines is 1. The summed E-state index contributed by atoms with van der Waals surface area (Å²) in [7, 11) is 0.171. The lowest BCUT2D eigenvalue weighted by atomic mass is 10.1. The van der Waals surface area contributed by atoms with Gasteiger partial charge in [-0.15, -0.1) is 0 Å². The fourth-order valence-corrected chi connectivity index (χ4v) is 4.75. The SMILES string of the molecule is CC[C@H]1CN(C)c2ccccc2CN1S(=O)(=O)c1cnn(C)c1. The first-order chi connectivity index (χ1) is 10.9. The van der Waals surface area contributed by atoms with Gasteiger partial charge in [0, 0.05) is 45.1 Å². The van der Waals surface area contributed by atoms with E-state index in [-0.39, 0.29) is 10.9 Å². The zero-order chi connectivity index (χ0) is 16.6. The van der Waals surface area contributed by atoms with Gasteiger partial charge >= 0.3 is 0 Å². The molecule has 0 radical (unpaired) electrons. The molecule has 1 aliphatic rings. The Bertz CT molecular complexity index is 800. The van der Waals surface area contributed by atoms with Gasteiger partial charge in [0.1, 0.15) is 4.90 Å². The van der Waals surface area contributed by atoms with E-state index >= 15 is 0 Å². The standard InChI is InChI=1S/C16H22N4O2S/c1-4-14-11-18(2)16-8-6-5-7-13(16)10-20(14)23(21,22)15-9-17-19(3)12-15/h5-9,12,14H,4,10-11H2,1-3H3/t14-/m0/s1. The van der Waals surface area contributed by atoms with E-state index in [0.29, 0.717) is 13.1 Å². The molecule has 124 valence electrons. The molecule has 0 unspecified atom stereocenters. The molecule has 0 bridgehead atoms. The van der Waals surface area contributed by atoms with Crippen LogP contribution in [0.3, 0.4) is 0 Å². The molecule has 6 nitrogen and oxygen atoms in total. The van der Waals surface area contributed by atoms with Gasteiger partial charge in [-0.1, -0.05) is 25.1 Å². The van der Waals surface area contributed by atoms with Gasteiger partial charge in [0.05, 0.1) is 6.20 Å². The average Bonchev–Trinajstić information content (AvgIpc) is 2.91. The van der Waals surface area contributed by atoms with Crippen LogP contribution in [0.2, 0.25) is 0 Å². The highest BCUT2D eigenvalue weighted by Gasteiger charge is 2.35. The summed E-state index contributed by atoms with van der Waals surface area (Å²) >= 11 is 0. The van der Waals surface area contributed by atoms with Crippen molar-refractivity contribution in [3.8, 4) is 0 Å². The molecule has 1 aromatic carbocycles. The number of benzene rings is 1. The van der Waals surface area contributed by atoms with Crippen LogP contribution >= 0.6 is 0 Å². The van der Waals surface area contributed by atoms with Crippen molar-refractivity contribution in [3.63, 3.8) is 0 Å². The lowest BCUT2D eigenvalue weighted by molar-refractivity contribution is 0.315. The molecule has 3 rings (SSSR count). The second kappa shape index (κ2) is 5.98. The first kappa shape index (κ1) is 16.0. The number of hydrogen-bond acceptors (Lipinski definition) is 4. The normalized spacial score (nSPS) is 19.4. The maximum absolute atomic E-state index is 13.1. The summed E-state index contributed by atoms with van der Waals surface area (Å²) in [6, 6.07) is 7.91. The highest BCUT2D eigenvalue weighted by atomic mass is 32.2. The Kier molecular flexibility index (Phi) is 4.16. The molecule has 0 aliphatic carbocycles. The quantitative estimate of drug-likeness (QED) is 0.859. The fraction of sp³-hybridized carbons (Fsp3) is 0.438. The molecule has 1 aliphatic heterocycles. The Balaban J connectivity index is 2.06. The van der Waals surface area contributed by atoms with E-state index in [9.17, 15) is 8.42 Å². The number of fused-ring (bicyclic) bond motifs is 1. The van der Waals surface area contributed by atoms with Crippen LogP contribution in [0, 0.1) is 0 Å². The van der Waals surface area contributed by atoms with Gasteiger partial charge in [-0.3, -0.25) is 4.68 Å². The Morgan fingerprint density at radius 3 is 2.65 bits per heavy atom. The number of rotatable bonds is 3. The molecule has 0 saturated heterocycles. The highest BCUT2D eigenvalue weighted by Crippen LogP contribution is 2.30. The molecular formula is C16H22N4O2S. The van der Waals surface area contributed by atoms with Gasteiger partial charge in [0.2, 0.25) is 10.0 Å². The van der Waals surface area contributed by atoms with Crippen LogP contribution in [0.15, 0.2) is 41.6 Å². The van der Waals surface area contributed by atoms with Crippen molar-refractivity contribution < 1.29 is 8.42 Å². The number of likely N-dealkylation sites (N-methyl/N-ethyl adjacent to an activating group) is 1. The van der Waals surface area contributed by atoms with Gasteiger partial charge in [-0.2, -0.15) is 9.40 Å². The third-order valence-corrected chi connectivity index (χ3v) is 6.23. The van der Waals surface area contributed by atoms with E-state index in [2.05, 4.69) is 10.00 Å². The van der Waals surface area contributed by atoms with Crippen molar-refractivity contribution in [1.29, 1.82) is 0 Å². The maximum Gasteiger partial charge on any atom is 0.246 e. The van der Waals surface area contributed by atoms with Gasteiger partial charge in [-0.05, 0) is 18.1 Å². The number of sulfonamides is 1. The summed E-state index contributed by atoms with van der Waals surface area (Å²) in [5, 5.41) is 4.01. The summed E-state index contributed by atoms with van der Waals surface area (Å²) in [5.74, 6) is 0. The molecule has 0 amide bonds. The predicted molar refractivity (Wildman–Crippen MR) is 89.7 cm³/mol. The van der Waals surface area contributed by atoms with Crippen LogP contribution in [-0.2, 0) is 23.6 Å². The lowest BCUT2D eigenvalue weighted by Crippen LogP contribution is -2.43. The van der Waals surface area contributed by atoms with Crippen LogP contribution in [0.4, 0.5) is 5.69 Å². The topological polar surface area (TPSA) is 58.4 Å². The minimum Gasteiger partial charge on any atom is -0.373 e. The molecule has 23 heavy (non-hydrogen) atoms. The van der Waals surface area contributed by atoms with Gasteiger partial charge in [0.15, 0.2) is 0 Å². The summed E-state index contributed by atoms with van der Waals surface area (Å²) in [6.07, 6.45) is 3.74. The number of hydrogen-bond donors (Lipinski definition) is 0. The number of aromatic nitrogens is 2. The zero-order valence-electron chi connectivity index (χ0n) is 13.7. The van der Waals surface area contributed by atoms with Crippen molar-refractivity contribution in [1.82, 2.24) is 14.1 Å². The molecule has 0 spiro atoms. The summed E-state index contributed by atoms with van der Waals surface area (Å²) in [5.41, 5.74) is 2.12. The molecule has 0 saturated carbocycles. The predicted octanol–water partition coefficient (Wildman–Crippen LogP) is 1.84. The maximum atomic E-state index is 13.1. The van der Waals surface area contributed by atoms with Gasteiger partial charge in [-0.25, -0.2) is 8.42 Å². The molecule has 1 atom stereocenters. The summed E-state index contributed by atoms with van der Waals surface area (Å²) in [6.45, 7) is 3.09. The van der Waals surface area contributed by atoms with E-state index in [1.54, 1.807) is 17.5 Å². The van der Waals surface area contributed by atoms with Crippen molar-refractivity contribution >= 4 is 15.7 Å². The first-order valence-electron chi connectivity index (χ1n) is 7.73. The minimum atomic E-state index is -3.57. The number of nitrogens with zero attached hydrogens (tertiary/aromatic N) is 4. The molecule has 2 heterocycles. The number of para-hydroxylation sites is 1. The van der Waals surface area contributed by atoms with Crippen molar-refractivity contribution in [2.75, 3.05) is 18.5 Å². The zero-order valence-corrected chi connectivity index (χ0v) is 14.5. The molecule has 0 N–H and O–H groups in total. The van der Waals surface area contributed by atoms with Gasteiger partial charge < -0.3 is 4.90 Å². The summed E-state index contributed by atoms with van der Waals surface area (Å²) < 4.78 is 29.3. The van der Waals surface area contributed by atoms with E-state index < -0.39 is 10.0 Å². The first-order valence-corrected chi connectivity index (χ1v) is 9.17. The molecule has 1 aromatic heterocycles. The number of aryl methyl sites for hydroxylation is 1. The minimum absolute atomic E-state index is 0.0717. The van der Waals surface area contributed by atoms with E-state index in [1.807, 2.05) is 38.2 Å². The van der Waals surface area contributed by atoms with Crippen molar-refractivity contribution in [3.05, 3.63) is 42.2 Å². The lowest BCUT2D eigenvalue weighted by Gasteiger charge is -2.29. The molecular weight excluding hydrogens is 312 g/mol. The van der Waals surface area contributed by atoms with Crippen molar-refractivity contribution in [2.24, 2.45) is 7.05 Å².